The summed E-state index contributed by atoms with van der Waals surface area (Å²) >= 11 is 5.93. The maximum absolute atomic E-state index is 13.0. The number of nitrogens with two attached hydrogens (primary N) is 1. The Balaban J connectivity index is 1.61. The second-order valence-electron chi connectivity index (χ2n) is 8.19. The van der Waals surface area contributed by atoms with Crippen LogP contribution in [0.25, 0.3) is 0 Å². The van der Waals surface area contributed by atoms with Crippen LogP contribution in [0.4, 0.5) is 10.5 Å². The first-order valence-electron chi connectivity index (χ1n) is 11.0. The van der Waals surface area contributed by atoms with Crippen molar-refractivity contribution in [1.29, 1.82) is 0 Å². The lowest BCUT2D eigenvalue weighted by Crippen LogP contribution is -2.67. The van der Waals surface area contributed by atoms with Gasteiger partial charge in [-0.15, -0.1) is 0 Å². The van der Waals surface area contributed by atoms with Gasteiger partial charge in [-0.1, -0.05) is 48.0 Å². The highest BCUT2D eigenvalue weighted by Crippen LogP contribution is 2.32. The van der Waals surface area contributed by atoms with E-state index >= 15 is 0 Å². The van der Waals surface area contributed by atoms with Gasteiger partial charge < -0.3 is 20.9 Å². The summed E-state index contributed by atoms with van der Waals surface area (Å²) in [6.45, 7) is 0.899. The highest BCUT2D eigenvalue weighted by Gasteiger charge is 2.47. The van der Waals surface area contributed by atoms with Gasteiger partial charge in [-0.25, -0.2) is 4.79 Å². The number of nitrogens with zero attached hydrogens (tertiary/aromatic N) is 2. The Hall–Kier alpha value is -3.62. The molecule has 1 atom stereocenters. The maximum Gasteiger partial charge on any atom is 0.321 e. The molecular formula is C25H26ClN5O3. The molecule has 0 bridgehead atoms. The third-order valence-corrected chi connectivity index (χ3v) is 6.38. The number of anilines is 1. The lowest BCUT2D eigenvalue weighted by atomic mass is 9.92. The lowest BCUT2D eigenvalue weighted by molar-refractivity contribution is -0.134. The van der Waals surface area contributed by atoms with Crippen molar-refractivity contribution in [3.63, 3.8) is 0 Å². The Morgan fingerprint density at radius 2 is 1.59 bits per heavy atom. The van der Waals surface area contributed by atoms with Gasteiger partial charge in [0.2, 0.25) is 5.66 Å². The molecule has 1 fully saturated rings. The lowest BCUT2D eigenvalue weighted by Gasteiger charge is -2.45. The number of amides is 3. The van der Waals surface area contributed by atoms with Crippen LogP contribution < -0.4 is 21.9 Å². The Bertz CT molecular complexity index is 1210. The molecule has 0 unspecified atom stereocenters. The molecular weight excluding hydrogens is 454 g/mol. The summed E-state index contributed by atoms with van der Waals surface area (Å²) in [6.07, 6.45) is 3.01. The molecule has 0 spiro atoms. The van der Waals surface area contributed by atoms with Crippen molar-refractivity contribution in [2.75, 3.05) is 18.4 Å². The SMILES string of the molecule is NC(=O)[C@@](NC(=O)Nc1ccc(Cl)cc1)(c1ccccc1)N1CCC(n2ccccc2=O)CC1. The van der Waals surface area contributed by atoms with Gasteiger partial charge >= 0.3 is 6.03 Å². The Kier molecular flexibility index (Phi) is 7.00. The number of pyridine rings is 1. The van der Waals surface area contributed by atoms with E-state index < -0.39 is 17.6 Å². The van der Waals surface area contributed by atoms with Crippen molar-refractivity contribution in [1.82, 2.24) is 14.8 Å². The van der Waals surface area contributed by atoms with E-state index in [2.05, 4.69) is 10.6 Å². The van der Waals surface area contributed by atoms with E-state index in [1.54, 1.807) is 65.4 Å². The summed E-state index contributed by atoms with van der Waals surface area (Å²) in [5.41, 5.74) is 5.42. The second kappa shape index (κ2) is 10.1. The molecule has 2 heterocycles. The molecule has 9 heteroatoms. The molecule has 1 saturated heterocycles. The van der Waals surface area contributed by atoms with Crippen molar-refractivity contribution in [2.24, 2.45) is 5.73 Å². The third-order valence-electron chi connectivity index (χ3n) is 6.13. The average molecular weight is 480 g/mol. The Morgan fingerprint density at radius 1 is 0.941 bits per heavy atom. The number of rotatable bonds is 6. The number of hydrogen-bond acceptors (Lipinski definition) is 4. The van der Waals surface area contributed by atoms with E-state index in [4.69, 9.17) is 17.3 Å². The fourth-order valence-corrected chi connectivity index (χ4v) is 4.58. The molecule has 3 aromatic rings. The molecule has 1 aromatic heterocycles. The quantitative estimate of drug-likeness (QED) is 0.504. The second-order valence-corrected chi connectivity index (χ2v) is 8.63. The summed E-state index contributed by atoms with van der Waals surface area (Å²) in [4.78, 5) is 40.2. The van der Waals surface area contributed by atoms with Crippen molar-refractivity contribution in [3.05, 3.63) is 99.9 Å². The monoisotopic (exact) mass is 479 g/mol. The van der Waals surface area contributed by atoms with Crippen molar-refractivity contribution >= 4 is 29.2 Å². The highest BCUT2D eigenvalue weighted by atomic mass is 35.5. The fourth-order valence-electron chi connectivity index (χ4n) is 4.45. The number of aromatic nitrogens is 1. The molecule has 3 amide bonds. The van der Waals surface area contributed by atoms with Gasteiger partial charge in [0.25, 0.3) is 11.5 Å². The number of carbonyl (C=O) groups is 2. The molecule has 8 nitrogen and oxygen atoms in total. The van der Waals surface area contributed by atoms with Crippen LogP contribution in [0.15, 0.2) is 83.8 Å². The van der Waals surface area contributed by atoms with Gasteiger partial charge in [0.05, 0.1) is 0 Å². The van der Waals surface area contributed by atoms with Gasteiger partial charge in [-0.05, 0) is 43.2 Å². The predicted octanol–water partition coefficient (Wildman–Crippen LogP) is 3.30. The van der Waals surface area contributed by atoms with Crippen LogP contribution in [0.5, 0.6) is 0 Å². The van der Waals surface area contributed by atoms with E-state index in [-0.39, 0.29) is 11.6 Å². The summed E-state index contributed by atoms with van der Waals surface area (Å²) in [5, 5.41) is 6.13. The zero-order chi connectivity index (χ0) is 24.1. The largest absolute Gasteiger partial charge is 0.366 e. The standard InChI is InChI=1S/C25H26ClN5O3/c26-19-9-11-20(12-10-19)28-24(34)29-25(23(27)33,18-6-2-1-3-7-18)30-16-13-21(14-17-30)31-15-5-4-8-22(31)32/h1-12,15,21H,13-14,16-17H2,(H2,27,33)(H2,28,29,34)/t25-/m1/s1. The molecule has 1 aliphatic heterocycles. The topological polar surface area (TPSA) is 109 Å². The molecule has 1 aliphatic rings. The number of likely N-dealkylation sites (tertiary alicyclic amines) is 1. The van der Waals surface area contributed by atoms with Crippen LogP contribution in [-0.4, -0.2) is 34.5 Å². The first kappa shape index (κ1) is 23.5. The molecule has 2 aromatic carbocycles. The summed E-state index contributed by atoms with van der Waals surface area (Å²) in [7, 11) is 0. The third kappa shape index (κ3) is 4.83. The molecule has 0 radical (unpaired) electrons. The summed E-state index contributed by atoms with van der Waals surface area (Å²) in [5.74, 6) is -0.694. The number of nitrogens with one attached hydrogen (secondary N) is 2. The minimum atomic E-state index is -1.57. The van der Waals surface area contributed by atoms with Crippen LogP contribution in [0.1, 0.15) is 24.4 Å². The van der Waals surface area contributed by atoms with E-state index in [0.717, 1.165) is 0 Å². The van der Waals surface area contributed by atoms with Crippen molar-refractivity contribution in [2.45, 2.75) is 24.5 Å². The molecule has 4 N–H and O–H groups in total. The zero-order valence-corrected chi connectivity index (χ0v) is 19.2. The average Bonchev–Trinajstić information content (AvgIpc) is 2.85. The van der Waals surface area contributed by atoms with E-state index in [9.17, 15) is 14.4 Å². The first-order valence-corrected chi connectivity index (χ1v) is 11.4. The smallest absolute Gasteiger partial charge is 0.321 e. The number of carbonyl (C=O) groups excluding carboxylic acids is 2. The number of piperidine rings is 1. The zero-order valence-electron chi connectivity index (χ0n) is 18.5. The molecule has 34 heavy (non-hydrogen) atoms. The van der Waals surface area contributed by atoms with Gasteiger partial charge in [-0.2, -0.15) is 0 Å². The molecule has 0 aliphatic carbocycles. The van der Waals surface area contributed by atoms with Crippen LogP contribution in [-0.2, 0) is 10.5 Å². The van der Waals surface area contributed by atoms with Gasteiger partial charge in [0.1, 0.15) is 0 Å². The molecule has 176 valence electrons. The van der Waals surface area contributed by atoms with E-state index in [0.29, 0.717) is 42.2 Å². The van der Waals surface area contributed by atoms with Crippen molar-refractivity contribution < 1.29 is 9.59 Å². The van der Waals surface area contributed by atoms with Crippen LogP contribution >= 0.6 is 11.6 Å². The van der Waals surface area contributed by atoms with Gasteiger partial charge in [0, 0.05) is 47.7 Å². The number of halogens is 1. The summed E-state index contributed by atoms with van der Waals surface area (Å²) < 4.78 is 1.71. The number of benzene rings is 2. The minimum Gasteiger partial charge on any atom is -0.366 e. The maximum atomic E-state index is 13.0. The van der Waals surface area contributed by atoms with Crippen LogP contribution in [0, 0.1) is 0 Å². The van der Waals surface area contributed by atoms with E-state index in [1.807, 2.05) is 17.0 Å². The van der Waals surface area contributed by atoms with Gasteiger partial charge in [0.15, 0.2) is 0 Å². The normalized spacial score (nSPS) is 16.4. The van der Waals surface area contributed by atoms with E-state index in [1.165, 1.54) is 6.07 Å². The van der Waals surface area contributed by atoms with Crippen molar-refractivity contribution in [3.8, 4) is 0 Å². The summed E-state index contributed by atoms with van der Waals surface area (Å²) in [6, 6.07) is 20.1. The molecule has 4 rings (SSSR count). The van der Waals surface area contributed by atoms with Crippen LogP contribution in [0.3, 0.4) is 0 Å². The first-order chi connectivity index (χ1) is 16.4. The number of hydrogen-bond donors (Lipinski definition) is 3. The fraction of sp³-hybridized carbons (Fsp3) is 0.240. The minimum absolute atomic E-state index is 0.00538. The van der Waals surface area contributed by atoms with Gasteiger partial charge in [-0.3, -0.25) is 14.5 Å². The number of primary amides is 1. The predicted molar refractivity (Wildman–Crippen MR) is 131 cm³/mol. The highest BCUT2D eigenvalue weighted by molar-refractivity contribution is 6.30. The van der Waals surface area contributed by atoms with Crippen LogP contribution in [0.2, 0.25) is 5.02 Å². The molecule has 0 saturated carbocycles. The Labute approximate surface area is 202 Å². The number of urea groups is 1. The Morgan fingerprint density at radius 3 is 2.21 bits per heavy atom.